The van der Waals surface area contributed by atoms with Crippen molar-refractivity contribution in [1.82, 2.24) is 4.90 Å². The van der Waals surface area contributed by atoms with E-state index in [9.17, 15) is 9.18 Å². The quantitative estimate of drug-likeness (QED) is 0.726. The average Bonchev–Trinajstić information content (AvgIpc) is 3.18. The van der Waals surface area contributed by atoms with E-state index in [1.54, 1.807) is 19.2 Å². The van der Waals surface area contributed by atoms with Gasteiger partial charge in [0.1, 0.15) is 5.82 Å². The number of carbonyl (C=O) groups is 1. The van der Waals surface area contributed by atoms with Gasteiger partial charge in [-0.25, -0.2) is 4.39 Å². The third-order valence-electron chi connectivity index (χ3n) is 5.07. The molecule has 3 rings (SSSR count). The lowest BCUT2D eigenvalue weighted by atomic mass is 10.1. The monoisotopic (exact) mass is 355 g/mol. The third-order valence-corrected chi connectivity index (χ3v) is 5.07. The molecule has 0 unspecified atom stereocenters. The average molecular weight is 355 g/mol. The SMILES string of the molecule is COCc1cccc(C(=O)N(CCc2ccc(F)cc2)C2CCCC2)c1. The molecule has 1 amide bonds. The number of amides is 1. The van der Waals surface area contributed by atoms with Crippen molar-refractivity contribution in [2.75, 3.05) is 13.7 Å². The second kappa shape index (κ2) is 8.95. The highest BCUT2D eigenvalue weighted by Gasteiger charge is 2.27. The molecule has 0 radical (unpaired) electrons. The van der Waals surface area contributed by atoms with Crippen LogP contribution in [0.25, 0.3) is 0 Å². The van der Waals surface area contributed by atoms with Gasteiger partial charge in [0.15, 0.2) is 0 Å². The van der Waals surface area contributed by atoms with E-state index < -0.39 is 0 Å². The summed E-state index contributed by atoms with van der Waals surface area (Å²) >= 11 is 0. The van der Waals surface area contributed by atoms with Crippen molar-refractivity contribution in [3.63, 3.8) is 0 Å². The van der Waals surface area contributed by atoms with Crippen LogP contribution in [0, 0.1) is 5.82 Å². The van der Waals surface area contributed by atoms with Gasteiger partial charge in [0.2, 0.25) is 0 Å². The molecule has 0 N–H and O–H groups in total. The van der Waals surface area contributed by atoms with E-state index in [1.165, 1.54) is 25.0 Å². The van der Waals surface area contributed by atoms with Crippen LogP contribution in [0.2, 0.25) is 0 Å². The zero-order valence-corrected chi connectivity index (χ0v) is 15.3. The fraction of sp³-hybridized carbons (Fsp3) is 0.409. The van der Waals surface area contributed by atoms with Crippen molar-refractivity contribution in [3.05, 3.63) is 71.0 Å². The molecule has 0 aliphatic heterocycles. The van der Waals surface area contributed by atoms with E-state index in [-0.39, 0.29) is 11.7 Å². The lowest BCUT2D eigenvalue weighted by Crippen LogP contribution is -2.40. The van der Waals surface area contributed by atoms with Crippen molar-refractivity contribution in [3.8, 4) is 0 Å². The summed E-state index contributed by atoms with van der Waals surface area (Å²) in [6, 6.07) is 14.5. The van der Waals surface area contributed by atoms with E-state index in [4.69, 9.17) is 4.74 Å². The van der Waals surface area contributed by atoms with E-state index >= 15 is 0 Å². The highest BCUT2D eigenvalue weighted by Crippen LogP contribution is 2.25. The summed E-state index contributed by atoms with van der Waals surface area (Å²) in [5, 5.41) is 0. The van der Waals surface area contributed by atoms with E-state index in [0.29, 0.717) is 24.8 Å². The summed E-state index contributed by atoms with van der Waals surface area (Å²) in [7, 11) is 1.65. The Hall–Kier alpha value is -2.20. The first kappa shape index (κ1) is 18.6. The Morgan fingerprint density at radius 1 is 1.12 bits per heavy atom. The fourth-order valence-corrected chi connectivity index (χ4v) is 3.69. The van der Waals surface area contributed by atoms with Gasteiger partial charge in [-0.15, -0.1) is 0 Å². The number of methoxy groups -OCH3 is 1. The van der Waals surface area contributed by atoms with Crippen LogP contribution in [0.15, 0.2) is 48.5 Å². The summed E-state index contributed by atoms with van der Waals surface area (Å²) in [5.41, 5.74) is 2.77. The first-order valence-electron chi connectivity index (χ1n) is 9.30. The van der Waals surface area contributed by atoms with Gasteiger partial charge < -0.3 is 9.64 Å². The van der Waals surface area contributed by atoms with Gasteiger partial charge in [0.05, 0.1) is 6.61 Å². The Labute approximate surface area is 154 Å². The molecular formula is C22H26FNO2. The molecule has 0 bridgehead atoms. The van der Waals surface area contributed by atoms with E-state index in [2.05, 4.69) is 0 Å². The van der Waals surface area contributed by atoms with Gasteiger partial charge in [-0.1, -0.05) is 37.1 Å². The molecule has 2 aromatic rings. The van der Waals surface area contributed by atoms with Crippen LogP contribution in [-0.4, -0.2) is 30.5 Å². The van der Waals surface area contributed by atoms with Crippen LogP contribution in [0.1, 0.15) is 47.2 Å². The maximum atomic E-state index is 13.2. The number of halogens is 1. The minimum absolute atomic E-state index is 0.0805. The van der Waals surface area contributed by atoms with Crippen molar-refractivity contribution in [2.45, 2.75) is 44.8 Å². The summed E-state index contributed by atoms with van der Waals surface area (Å²) < 4.78 is 18.3. The van der Waals surface area contributed by atoms with Crippen LogP contribution in [0.5, 0.6) is 0 Å². The largest absolute Gasteiger partial charge is 0.380 e. The normalized spacial score (nSPS) is 14.5. The molecule has 138 valence electrons. The molecule has 3 nitrogen and oxygen atoms in total. The smallest absolute Gasteiger partial charge is 0.254 e. The first-order valence-corrected chi connectivity index (χ1v) is 9.30. The molecule has 0 aromatic heterocycles. The molecule has 26 heavy (non-hydrogen) atoms. The Balaban J connectivity index is 1.75. The van der Waals surface area contributed by atoms with Crippen molar-refractivity contribution < 1.29 is 13.9 Å². The summed E-state index contributed by atoms with van der Waals surface area (Å²) in [5.74, 6) is -0.149. The topological polar surface area (TPSA) is 29.5 Å². The van der Waals surface area contributed by atoms with Crippen molar-refractivity contribution in [2.24, 2.45) is 0 Å². The van der Waals surface area contributed by atoms with Crippen LogP contribution in [0.3, 0.4) is 0 Å². The Morgan fingerprint density at radius 2 is 1.85 bits per heavy atom. The second-order valence-corrected chi connectivity index (χ2v) is 6.95. The summed E-state index contributed by atoms with van der Waals surface area (Å²) in [4.78, 5) is 15.2. The van der Waals surface area contributed by atoms with E-state index in [1.807, 2.05) is 29.2 Å². The summed E-state index contributed by atoms with van der Waals surface area (Å²) in [6.07, 6.45) is 5.21. The predicted molar refractivity (Wildman–Crippen MR) is 101 cm³/mol. The number of rotatable bonds is 7. The minimum Gasteiger partial charge on any atom is -0.380 e. The standard InChI is InChI=1S/C22H26FNO2/c1-26-16-18-5-4-6-19(15-18)22(25)24(21-7-2-3-8-21)14-13-17-9-11-20(23)12-10-17/h4-6,9-12,15,21H,2-3,7-8,13-14,16H2,1H3. The first-order chi connectivity index (χ1) is 12.7. The molecule has 0 saturated heterocycles. The fourth-order valence-electron chi connectivity index (χ4n) is 3.69. The number of hydrogen-bond acceptors (Lipinski definition) is 2. The predicted octanol–water partition coefficient (Wildman–Crippen LogP) is 4.60. The highest BCUT2D eigenvalue weighted by atomic mass is 19.1. The molecule has 0 atom stereocenters. The zero-order chi connectivity index (χ0) is 18.4. The number of ether oxygens (including phenoxy) is 1. The number of benzene rings is 2. The van der Waals surface area contributed by atoms with Crippen LogP contribution < -0.4 is 0 Å². The van der Waals surface area contributed by atoms with Gasteiger partial charge in [-0.3, -0.25) is 4.79 Å². The van der Waals surface area contributed by atoms with E-state index in [0.717, 1.165) is 30.4 Å². The summed E-state index contributed by atoms with van der Waals surface area (Å²) in [6.45, 7) is 1.16. The molecule has 1 saturated carbocycles. The number of hydrogen-bond donors (Lipinski definition) is 0. The molecule has 4 heteroatoms. The molecular weight excluding hydrogens is 329 g/mol. The van der Waals surface area contributed by atoms with Crippen molar-refractivity contribution >= 4 is 5.91 Å². The molecule has 1 aliphatic rings. The number of nitrogens with zero attached hydrogens (tertiary/aromatic N) is 1. The molecule has 2 aromatic carbocycles. The Morgan fingerprint density at radius 3 is 2.54 bits per heavy atom. The van der Waals surface area contributed by atoms with Gasteiger partial charge in [-0.05, 0) is 54.7 Å². The molecule has 1 fully saturated rings. The highest BCUT2D eigenvalue weighted by molar-refractivity contribution is 5.94. The second-order valence-electron chi connectivity index (χ2n) is 6.95. The lowest BCUT2D eigenvalue weighted by molar-refractivity contribution is 0.0683. The van der Waals surface area contributed by atoms with Crippen molar-refractivity contribution in [1.29, 1.82) is 0 Å². The van der Waals surface area contributed by atoms with Crippen LogP contribution in [-0.2, 0) is 17.8 Å². The molecule has 0 spiro atoms. The molecule has 1 aliphatic carbocycles. The minimum atomic E-state index is -0.229. The Bertz CT molecular complexity index is 723. The molecule has 0 heterocycles. The zero-order valence-electron chi connectivity index (χ0n) is 15.3. The third kappa shape index (κ3) is 4.70. The van der Waals surface area contributed by atoms with Gasteiger partial charge in [-0.2, -0.15) is 0 Å². The maximum Gasteiger partial charge on any atom is 0.254 e. The van der Waals surface area contributed by atoms with Crippen LogP contribution >= 0.6 is 0 Å². The van der Waals surface area contributed by atoms with Gasteiger partial charge in [0.25, 0.3) is 5.91 Å². The van der Waals surface area contributed by atoms with Crippen LogP contribution in [0.4, 0.5) is 4.39 Å². The van der Waals surface area contributed by atoms with Gasteiger partial charge in [0, 0.05) is 25.3 Å². The maximum absolute atomic E-state index is 13.2. The Kier molecular flexibility index (Phi) is 6.40. The number of carbonyl (C=O) groups excluding carboxylic acids is 1. The lowest BCUT2D eigenvalue weighted by Gasteiger charge is -2.29. The van der Waals surface area contributed by atoms with Gasteiger partial charge >= 0.3 is 0 Å².